The summed E-state index contributed by atoms with van der Waals surface area (Å²) >= 11 is 0. The van der Waals surface area contributed by atoms with Crippen LogP contribution < -0.4 is 15.8 Å². The molecule has 1 aliphatic heterocycles. The Balaban J connectivity index is 1.45. The molecular formula is C23H27F2N3O3. The number of hydrogen-bond acceptors (Lipinski definition) is 4. The van der Waals surface area contributed by atoms with Crippen molar-refractivity contribution in [3.63, 3.8) is 0 Å². The summed E-state index contributed by atoms with van der Waals surface area (Å²) in [5.74, 6) is -0.275. The molecule has 2 amide bonds. The number of amides is 2. The molecule has 1 fully saturated rings. The first-order valence-corrected chi connectivity index (χ1v) is 10.3. The average Bonchev–Trinajstić information content (AvgIpc) is 2.73. The number of halogens is 2. The molecule has 2 aromatic carbocycles. The second kappa shape index (κ2) is 10.9. The Hall–Kier alpha value is -3.00. The number of piperidine rings is 1. The van der Waals surface area contributed by atoms with Gasteiger partial charge in [-0.2, -0.15) is 8.78 Å². The van der Waals surface area contributed by atoms with Gasteiger partial charge in [-0.05, 0) is 67.7 Å². The van der Waals surface area contributed by atoms with Crippen LogP contribution in [0.5, 0.6) is 5.75 Å². The van der Waals surface area contributed by atoms with Gasteiger partial charge in [0.1, 0.15) is 5.75 Å². The lowest BCUT2D eigenvalue weighted by Gasteiger charge is -2.30. The molecule has 0 saturated carbocycles. The number of anilines is 1. The van der Waals surface area contributed by atoms with Crippen LogP contribution in [0.15, 0.2) is 48.5 Å². The number of primary amides is 1. The summed E-state index contributed by atoms with van der Waals surface area (Å²) in [5.41, 5.74) is 8.07. The number of ether oxygens (including phenoxy) is 1. The second-order valence-electron chi connectivity index (χ2n) is 7.72. The highest BCUT2D eigenvalue weighted by Crippen LogP contribution is 2.20. The van der Waals surface area contributed by atoms with Gasteiger partial charge in [-0.25, -0.2) is 0 Å². The Morgan fingerprint density at radius 2 is 1.81 bits per heavy atom. The normalized spacial score (nSPS) is 15.1. The minimum atomic E-state index is -2.85. The maximum Gasteiger partial charge on any atom is 0.387 e. The Morgan fingerprint density at radius 1 is 1.10 bits per heavy atom. The van der Waals surface area contributed by atoms with Crippen LogP contribution in [0.2, 0.25) is 0 Å². The van der Waals surface area contributed by atoms with Crippen molar-refractivity contribution in [3.05, 3.63) is 59.7 Å². The SMILES string of the molecule is NC(=O)C1CCN(Cc2cccc(NC(=O)CCc3ccc(OC(F)F)cc3)c2)CC1. The minimum absolute atomic E-state index is 0.0325. The number of likely N-dealkylation sites (tertiary alicyclic amines) is 1. The van der Waals surface area contributed by atoms with Crippen LogP contribution in [0.25, 0.3) is 0 Å². The Labute approximate surface area is 180 Å². The molecule has 3 rings (SSSR count). The number of nitrogens with two attached hydrogens (primary N) is 1. The fourth-order valence-corrected chi connectivity index (χ4v) is 3.70. The third kappa shape index (κ3) is 7.32. The predicted octanol–water partition coefficient (Wildman–Crippen LogP) is 3.56. The van der Waals surface area contributed by atoms with E-state index in [1.807, 2.05) is 24.3 Å². The van der Waals surface area contributed by atoms with Crippen molar-refractivity contribution in [1.82, 2.24) is 4.90 Å². The molecular weight excluding hydrogens is 404 g/mol. The van der Waals surface area contributed by atoms with Gasteiger partial charge in [-0.1, -0.05) is 24.3 Å². The smallest absolute Gasteiger partial charge is 0.387 e. The number of benzene rings is 2. The van der Waals surface area contributed by atoms with E-state index in [4.69, 9.17) is 5.73 Å². The van der Waals surface area contributed by atoms with Crippen LogP contribution in [0.1, 0.15) is 30.4 Å². The maximum atomic E-state index is 12.3. The number of alkyl halides is 2. The van der Waals surface area contributed by atoms with E-state index in [2.05, 4.69) is 15.0 Å². The molecule has 1 aliphatic rings. The molecule has 1 saturated heterocycles. The van der Waals surface area contributed by atoms with Crippen molar-refractivity contribution < 1.29 is 23.1 Å². The van der Waals surface area contributed by atoms with Crippen LogP contribution in [-0.2, 0) is 22.6 Å². The molecule has 0 aliphatic carbocycles. The molecule has 8 heteroatoms. The molecule has 166 valence electrons. The first-order valence-electron chi connectivity index (χ1n) is 10.3. The largest absolute Gasteiger partial charge is 0.435 e. The van der Waals surface area contributed by atoms with Crippen LogP contribution in [0.4, 0.5) is 14.5 Å². The zero-order chi connectivity index (χ0) is 22.2. The van der Waals surface area contributed by atoms with Gasteiger partial charge in [0.25, 0.3) is 0 Å². The summed E-state index contributed by atoms with van der Waals surface area (Å²) in [7, 11) is 0. The molecule has 6 nitrogen and oxygen atoms in total. The van der Waals surface area contributed by atoms with Crippen molar-refractivity contribution in [2.24, 2.45) is 11.7 Å². The molecule has 0 radical (unpaired) electrons. The van der Waals surface area contributed by atoms with Crippen molar-refractivity contribution in [1.29, 1.82) is 0 Å². The lowest BCUT2D eigenvalue weighted by Crippen LogP contribution is -2.38. The van der Waals surface area contributed by atoms with Crippen molar-refractivity contribution in [2.45, 2.75) is 38.8 Å². The fraction of sp³-hybridized carbons (Fsp3) is 0.391. The highest BCUT2D eigenvalue weighted by Gasteiger charge is 2.23. The molecule has 3 N–H and O–H groups in total. The second-order valence-corrected chi connectivity index (χ2v) is 7.72. The highest BCUT2D eigenvalue weighted by molar-refractivity contribution is 5.90. The lowest BCUT2D eigenvalue weighted by molar-refractivity contribution is -0.123. The van der Waals surface area contributed by atoms with Gasteiger partial charge < -0.3 is 15.8 Å². The first kappa shape index (κ1) is 22.7. The van der Waals surface area contributed by atoms with Gasteiger partial charge in [-0.3, -0.25) is 14.5 Å². The predicted molar refractivity (Wildman–Crippen MR) is 114 cm³/mol. The van der Waals surface area contributed by atoms with E-state index in [1.165, 1.54) is 12.1 Å². The molecule has 1 heterocycles. The lowest BCUT2D eigenvalue weighted by atomic mass is 9.96. The summed E-state index contributed by atoms with van der Waals surface area (Å²) in [6.45, 7) is -0.451. The van der Waals surface area contributed by atoms with Gasteiger partial charge in [0.15, 0.2) is 0 Å². The number of hydrogen-bond donors (Lipinski definition) is 2. The van der Waals surface area contributed by atoms with Crippen LogP contribution in [-0.4, -0.2) is 36.4 Å². The van der Waals surface area contributed by atoms with Crippen molar-refractivity contribution in [3.8, 4) is 5.75 Å². The monoisotopic (exact) mass is 431 g/mol. The fourth-order valence-electron chi connectivity index (χ4n) is 3.70. The summed E-state index contributed by atoms with van der Waals surface area (Å²) in [5, 5.41) is 2.91. The van der Waals surface area contributed by atoms with E-state index in [9.17, 15) is 18.4 Å². The maximum absolute atomic E-state index is 12.3. The number of carbonyl (C=O) groups is 2. The van der Waals surface area contributed by atoms with Crippen molar-refractivity contribution >= 4 is 17.5 Å². The first-order chi connectivity index (χ1) is 14.9. The van der Waals surface area contributed by atoms with Crippen LogP contribution >= 0.6 is 0 Å². The Morgan fingerprint density at radius 3 is 2.45 bits per heavy atom. The molecule has 0 atom stereocenters. The van der Waals surface area contributed by atoms with Crippen LogP contribution in [0, 0.1) is 5.92 Å². The number of carbonyl (C=O) groups excluding carboxylic acids is 2. The zero-order valence-corrected chi connectivity index (χ0v) is 17.2. The molecule has 0 bridgehead atoms. The van der Waals surface area contributed by atoms with E-state index < -0.39 is 6.61 Å². The number of nitrogens with one attached hydrogen (secondary N) is 1. The molecule has 2 aromatic rings. The topological polar surface area (TPSA) is 84.7 Å². The summed E-state index contributed by atoms with van der Waals surface area (Å²) < 4.78 is 28.7. The Bertz CT molecular complexity index is 882. The third-order valence-electron chi connectivity index (χ3n) is 5.40. The molecule has 0 aromatic heterocycles. The quantitative estimate of drug-likeness (QED) is 0.636. The summed E-state index contributed by atoms with van der Waals surface area (Å²) in [6.07, 6.45) is 2.33. The van der Waals surface area contributed by atoms with Crippen molar-refractivity contribution in [2.75, 3.05) is 18.4 Å². The van der Waals surface area contributed by atoms with E-state index in [-0.39, 0.29) is 29.9 Å². The highest BCUT2D eigenvalue weighted by atomic mass is 19.3. The van der Waals surface area contributed by atoms with Gasteiger partial charge >= 0.3 is 6.61 Å². The standard InChI is InChI=1S/C23H27F2N3O3/c24-23(25)31-20-7-4-16(5-8-20)6-9-21(29)27-19-3-1-2-17(14-19)15-28-12-10-18(11-13-28)22(26)30/h1-5,7-8,14,18,23H,6,9-13,15H2,(H2,26,30)(H,27,29). The number of nitrogens with zero attached hydrogens (tertiary/aromatic N) is 1. The summed E-state index contributed by atoms with van der Waals surface area (Å²) in [4.78, 5) is 25.9. The molecule has 0 unspecified atom stereocenters. The minimum Gasteiger partial charge on any atom is -0.435 e. The third-order valence-corrected chi connectivity index (χ3v) is 5.40. The van der Waals surface area contributed by atoms with Crippen LogP contribution in [0.3, 0.4) is 0 Å². The number of rotatable bonds is 9. The van der Waals surface area contributed by atoms with Gasteiger partial charge in [0.05, 0.1) is 0 Å². The van der Waals surface area contributed by atoms with E-state index >= 15 is 0 Å². The number of aryl methyl sites for hydroxylation is 1. The molecule has 31 heavy (non-hydrogen) atoms. The Kier molecular flexibility index (Phi) is 7.94. The van der Waals surface area contributed by atoms with Gasteiger partial charge in [-0.15, -0.1) is 0 Å². The summed E-state index contributed by atoms with van der Waals surface area (Å²) in [6, 6.07) is 14.0. The van der Waals surface area contributed by atoms with E-state index in [1.54, 1.807) is 12.1 Å². The molecule has 0 spiro atoms. The van der Waals surface area contributed by atoms with E-state index in [0.717, 1.165) is 49.3 Å². The zero-order valence-electron chi connectivity index (χ0n) is 17.2. The average molecular weight is 431 g/mol. The van der Waals surface area contributed by atoms with E-state index in [0.29, 0.717) is 6.42 Å². The van der Waals surface area contributed by atoms with Gasteiger partial charge in [0.2, 0.25) is 11.8 Å². The van der Waals surface area contributed by atoms with Gasteiger partial charge in [0, 0.05) is 24.6 Å².